The van der Waals surface area contributed by atoms with Gasteiger partial charge in [-0.25, -0.2) is 9.99 Å². The maximum absolute atomic E-state index is 13.1. The number of amides is 1. The summed E-state index contributed by atoms with van der Waals surface area (Å²) >= 11 is 6.61. The van der Waals surface area contributed by atoms with E-state index in [2.05, 4.69) is 10.1 Å². The summed E-state index contributed by atoms with van der Waals surface area (Å²) < 4.78 is 5.62. The molecule has 1 N–H and O–H groups in total. The predicted molar refractivity (Wildman–Crippen MR) is 131 cm³/mol. The fraction of sp³-hybridized carbons (Fsp3) is 0.308. The number of hydrogen-bond acceptors (Lipinski definition) is 5. The van der Waals surface area contributed by atoms with Gasteiger partial charge >= 0.3 is 5.97 Å². The van der Waals surface area contributed by atoms with Crippen LogP contribution >= 0.6 is 11.6 Å². The van der Waals surface area contributed by atoms with Crippen LogP contribution in [0, 0.1) is 6.92 Å². The Hall–Kier alpha value is -3.45. The van der Waals surface area contributed by atoms with Gasteiger partial charge in [0.25, 0.3) is 0 Å². The van der Waals surface area contributed by atoms with Crippen molar-refractivity contribution < 1.29 is 19.4 Å². The third kappa shape index (κ3) is 5.20. The first-order chi connectivity index (χ1) is 16.4. The van der Waals surface area contributed by atoms with E-state index in [1.807, 2.05) is 62.4 Å². The number of aryl methyl sites for hydroxylation is 1. The standard InChI is InChI=1S/C26H26ClN3O4/c1-3-34-19-10-11-21-18(13-19)14-20(26(27)28-21)23-15-22(17-7-4-6-16(2)12-17)29-30(23)24(31)8-5-9-25(32)33/h4,6-7,10-14,23H,3,5,8-9,15H2,1-2H3,(H,32,33). The molecule has 8 heteroatoms. The number of nitrogens with zero attached hydrogens (tertiary/aromatic N) is 3. The molecule has 34 heavy (non-hydrogen) atoms. The van der Waals surface area contributed by atoms with Crippen LogP contribution in [-0.4, -0.2) is 39.3 Å². The lowest BCUT2D eigenvalue weighted by atomic mass is 9.97. The molecule has 1 aliphatic rings. The molecule has 7 nitrogen and oxygen atoms in total. The van der Waals surface area contributed by atoms with Crippen LogP contribution in [0.3, 0.4) is 0 Å². The van der Waals surface area contributed by atoms with Crippen molar-refractivity contribution in [3.63, 3.8) is 0 Å². The molecular formula is C26H26ClN3O4. The van der Waals surface area contributed by atoms with Crippen LogP contribution in [0.1, 0.15) is 55.3 Å². The van der Waals surface area contributed by atoms with E-state index >= 15 is 0 Å². The van der Waals surface area contributed by atoms with Crippen LogP contribution < -0.4 is 4.74 Å². The number of carbonyl (C=O) groups is 2. The van der Waals surface area contributed by atoms with Crippen molar-refractivity contribution in [1.29, 1.82) is 0 Å². The minimum Gasteiger partial charge on any atom is -0.494 e. The Labute approximate surface area is 203 Å². The molecule has 0 saturated carbocycles. The monoisotopic (exact) mass is 479 g/mol. The van der Waals surface area contributed by atoms with Gasteiger partial charge in [-0.15, -0.1) is 0 Å². The van der Waals surface area contributed by atoms with Gasteiger partial charge in [-0.05, 0) is 50.1 Å². The average molecular weight is 480 g/mol. The van der Waals surface area contributed by atoms with Crippen molar-refractivity contribution in [1.82, 2.24) is 9.99 Å². The van der Waals surface area contributed by atoms with E-state index in [1.54, 1.807) is 0 Å². The quantitative estimate of drug-likeness (QED) is 0.429. The highest BCUT2D eigenvalue weighted by atomic mass is 35.5. The summed E-state index contributed by atoms with van der Waals surface area (Å²) in [5.41, 5.74) is 4.24. The van der Waals surface area contributed by atoms with Crippen molar-refractivity contribution in [2.75, 3.05) is 6.61 Å². The number of aliphatic carboxylic acids is 1. The second kappa shape index (κ2) is 10.2. The molecule has 3 aromatic rings. The van der Waals surface area contributed by atoms with Crippen molar-refractivity contribution in [2.45, 2.75) is 45.6 Å². The summed E-state index contributed by atoms with van der Waals surface area (Å²) in [5, 5.41) is 16.2. The highest BCUT2D eigenvalue weighted by Gasteiger charge is 2.34. The number of carboxylic acids is 1. The van der Waals surface area contributed by atoms with Crippen LogP contribution in [0.25, 0.3) is 10.9 Å². The Kier molecular flexibility index (Phi) is 7.12. The van der Waals surface area contributed by atoms with Crippen molar-refractivity contribution >= 4 is 40.1 Å². The molecule has 0 aliphatic carbocycles. The van der Waals surface area contributed by atoms with E-state index in [0.29, 0.717) is 23.7 Å². The lowest BCUT2D eigenvalue weighted by Gasteiger charge is -2.23. The second-order valence-corrected chi connectivity index (χ2v) is 8.64. The first kappa shape index (κ1) is 23.7. The zero-order valence-electron chi connectivity index (χ0n) is 19.1. The summed E-state index contributed by atoms with van der Waals surface area (Å²) in [6.45, 7) is 4.48. The highest BCUT2D eigenvalue weighted by Crippen LogP contribution is 2.38. The summed E-state index contributed by atoms with van der Waals surface area (Å²) in [5.74, 6) is -0.440. The zero-order valence-corrected chi connectivity index (χ0v) is 19.9. The maximum Gasteiger partial charge on any atom is 0.303 e. The molecule has 0 fully saturated rings. The first-order valence-corrected chi connectivity index (χ1v) is 11.6. The highest BCUT2D eigenvalue weighted by molar-refractivity contribution is 6.30. The van der Waals surface area contributed by atoms with E-state index < -0.39 is 12.0 Å². The number of aromatic nitrogens is 1. The number of pyridine rings is 1. The van der Waals surface area contributed by atoms with Gasteiger partial charge in [0.05, 0.1) is 23.9 Å². The van der Waals surface area contributed by atoms with Gasteiger partial charge in [0.15, 0.2) is 0 Å². The van der Waals surface area contributed by atoms with Crippen LogP contribution in [-0.2, 0) is 9.59 Å². The van der Waals surface area contributed by atoms with E-state index in [-0.39, 0.29) is 25.2 Å². The summed E-state index contributed by atoms with van der Waals surface area (Å²) in [6.07, 6.45) is 0.734. The van der Waals surface area contributed by atoms with E-state index in [1.165, 1.54) is 5.01 Å². The Balaban J connectivity index is 1.71. The van der Waals surface area contributed by atoms with Gasteiger partial charge in [-0.1, -0.05) is 41.4 Å². The molecule has 1 atom stereocenters. The number of hydrogen-bond donors (Lipinski definition) is 1. The number of fused-ring (bicyclic) bond motifs is 1. The molecule has 0 bridgehead atoms. The minimum atomic E-state index is -0.929. The molecule has 1 aliphatic heterocycles. The number of ether oxygens (including phenoxy) is 1. The number of carboxylic acid groups (broad SMARTS) is 1. The number of hydrazone groups is 1. The molecule has 4 rings (SSSR count). The third-order valence-electron chi connectivity index (χ3n) is 5.74. The Morgan fingerprint density at radius 2 is 2.00 bits per heavy atom. The van der Waals surface area contributed by atoms with Crippen LogP contribution in [0.5, 0.6) is 5.75 Å². The van der Waals surface area contributed by atoms with Gasteiger partial charge in [-0.2, -0.15) is 5.10 Å². The second-order valence-electron chi connectivity index (χ2n) is 8.28. The van der Waals surface area contributed by atoms with Crippen LogP contribution in [0.2, 0.25) is 5.15 Å². The molecule has 2 heterocycles. The largest absolute Gasteiger partial charge is 0.494 e. The van der Waals surface area contributed by atoms with Gasteiger partial charge in [0.2, 0.25) is 5.91 Å². The fourth-order valence-electron chi connectivity index (χ4n) is 4.12. The number of rotatable bonds is 8. The normalized spacial score (nSPS) is 15.4. The molecule has 0 saturated heterocycles. The van der Waals surface area contributed by atoms with Gasteiger partial charge in [-0.3, -0.25) is 9.59 Å². The molecule has 1 unspecified atom stereocenters. The topological polar surface area (TPSA) is 92.1 Å². The zero-order chi connectivity index (χ0) is 24.2. The Morgan fingerprint density at radius 3 is 2.74 bits per heavy atom. The van der Waals surface area contributed by atoms with E-state index in [4.69, 9.17) is 21.4 Å². The summed E-state index contributed by atoms with van der Waals surface area (Å²) in [4.78, 5) is 28.6. The molecule has 1 aromatic heterocycles. The maximum atomic E-state index is 13.1. The van der Waals surface area contributed by atoms with Crippen molar-refractivity contribution in [3.05, 3.63) is 70.4 Å². The summed E-state index contributed by atoms with van der Waals surface area (Å²) in [6, 6.07) is 15.1. The number of carbonyl (C=O) groups excluding carboxylic acids is 1. The lowest BCUT2D eigenvalue weighted by Crippen LogP contribution is -2.27. The third-order valence-corrected chi connectivity index (χ3v) is 6.04. The van der Waals surface area contributed by atoms with Crippen molar-refractivity contribution in [3.8, 4) is 5.75 Å². The predicted octanol–water partition coefficient (Wildman–Crippen LogP) is 5.53. The van der Waals surface area contributed by atoms with Gasteiger partial charge in [0, 0.05) is 30.2 Å². The van der Waals surface area contributed by atoms with E-state index in [0.717, 1.165) is 33.5 Å². The smallest absolute Gasteiger partial charge is 0.303 e. The van der Waals surface area contributed by atoms with Crippen LogP contribution in [0.4, 0.5) is 0 Å². The number of benzene rings is 2. The SMILES string of the molecule is CCOc1ccc2nc(Cl)c(C3CC(c4cccc(C)c4)=NN3C(=O)CCCC(=O)O)cc2c1. The Bertz CT molecular complexity index is 1270. The Morgan fingerprint density at radius 1 is 1.18 bits per heavy atom. The van der Waals surface area contributed by atoms with Gasteiger partial charge in [0.1, 0.15) is 10.9 Å². The molecule has 176 valence electrons. The fourth-order valence-corrected chi connectivity index (χ4v) is 4.40. The first-order valence-electron chi connectivity index (χ1n) is 11.3. The van der Waals surface area contributed by atoms with E-state index in [9.17, 15) is 9.59 Å². The van der Waals surface area contributed by atoms with Gasteiger partial charge < -0.3 is 9.84 Å². The lowest BCUT2D eigenvalue weighted by molar-refractivity contribution is -0.137. The summed E-state index contributed by atoms with van der Waals surface area (Å²) in [7, 11) is 0. The molecule has 0 spiro atoms. The van der Waals surface area contributed by atoms with Crippen LogP contribution in [0.15, 0.2) is 53.6 Å². The minimum absolute atomic E-state index is 0.0722. The molecule has 0 radical (unpaired) electrons. The molecular weight excluding hydrogens is 454 g/mol. The van der Waals surface area contributed by atoms with Crippen molar-refractivity contribution in [2.24, 2.45) is 5.10 Å². The molecule has 1 amide bonds. The average Bonchev–Trinajstić information content (AvgIpc) is 3.24. The molecule has 2 aromatic carbocycles. The number of halogens is 1.